The van der Waals surface area contributed by atoms with Crippen molar-refractivity contribution in [1.29, 1.82) is 0 Å². The summed E-state index contributed by atoms with van der Waals surface area (Å²) in [6.07, 6.45) is -4.53. The number of halogens is 5. The van der Waals surface area contributed by atoms with Gasteiger partial charge in [0.2, 0.25) is 5.95 Å². The molecule has 3 rings (SSSR count). The highest BCUT2D eigenvalue weighted by molar-refractivity contribution is 5.63. The lowest BCUT2D eigenvalue weighted by Crippen LogP contribution is -2.09. The van der Waals surface area contributed by atoms with E-state index in [-0.39, 0.29) is 23.1 Å². The normalized spacial score (nSPS) is 11.3. The third-order valence-corrected chi connectivity index (χ3v) is 3.53. The first-order valence-corrected chi connectivity index (χ1v) is 7.73. The van der Waals surface area contributed by atoms with Crippen molar-refractivity contribution in [1.82, 2.24) is 9.97 Å². The standard InChI is InChI=1S/C18H13F5N4/c1-10-8-16(26-15-5-3-2-4-12(15)18(21,22)23)27-17(24-10)25-11-6-7-13(19)14(20)9-11/h2-9H,1H3,(H2,24,25,26,27). The Morgan fingerprint density at radius 1 is 0.852 bits per heavy atom. The zero-order chi connectivity index (χ0) is 19.6. The van der Waals surface area contributed by atoms with Gasteiger partial charge >= 0.3 is 6.18 Å². The number of para-hydroxylation sites is 1. The molecule has 0 aliphatic heterocycles. The van der Waals surface area contributed by atoms with Crippen molar-refractivity contribution in [3.8, 4) is 0 Å². The molecule has 0 atom stereocenters. The molecule has 3 aromatic rings. The fraction of sp³-hybridized carbons (Fsp3) is 0.111. The van der Waals surface area contributed by atoms with Gasteiger partial charge in [-0.2, -0.15) is 18.2 Å². The number of alkyl halides is 3. The zero-order valence-corrected chi connectivity index (χ0v) is 13.9. The molecule has 1 aromatic heterocycles. The first-order chi connectivity index (χ1) is 12.7. The maximum absolute atomic E-state index is 13.3. The maximum atomic E-state index is 13.3. The third kappa shape index (κ3) is 4.49. The van der Waals surface area contributed by atoms with E-state index in [0.29, 0.717) is 5.69 Å². The van der Waals surface area contributed by atoms with Gasteiger partial charge in [0.15, 0.2) is 11.6 Å². The highest BCUT2D eigenvalue weighted by Gasteiger charge is 2.33. The number of benzene rings is 2. The molecule has 2 aromatic carbocycles. The molecule has 0 amide bonds. The van der Waals surface area contributed by atoms with Crippen LogP contribution in [-0.4, -0.2) is 9.97 Å². The topological polar surface area (TPSA) is 49.8 Å². The first-order valence-electron chi connectivity index (χ1n) is 7.73. The molecule has 0 bridgehead atoms. The van der Waals surface area contributed by atoms with Crippen LogP contribution in [0.15, 0.2) is 48.5 Å². The number of hydrogen-bond acceptors (Lipinski definition) is 4. The van der Waals surface area contributed by atoms with Gasteiger partial charge in [-0.1, -0.05) is 12.1 Å². The Labute approximate surface area is 151 Å². The van der Waals surface area contributed by atoms with Gasteiger partial charge in [-0.25, -0.2) is 13.8 Å². The molecule has 0 radical (unpaired) electrons. The smallest absolute Gasteiger partial charge is 0.340 e. The fourth-order valence-electron chi connectivity index (χ4n) is 2.37. The summed E-state index contributed by atoms with van der Waals surface area (Å²) in [4.78, 5) is 8.18. The number of anilines is 4. The van der Waals surface area contributed by atoms with Gasteiger partial charge in [-0.15, -0.1) is 0 Å². The minimum absolute atomic E-state index is 0.0213. The summed E-state index contributed by atoms with van der Waals surface area (Å²) in [6, 6.07) is 9.60. The second-order valence-electron chi connectivity index (χ2n) is 5.64. The molecule has 0 saturated heterocycles. The van der Waals surface area contributed by atoms with Crippen molar-refractivity contribution in [2.75, 3.05) is 10.6 Å². The second-order valence-corrected chi connectivity index (χ2v) is 5.64. The van der Waals surface area contributed by atoms with E-state index >= 15 is 0 Å². The number of nitrogens with zero attached hydrogens (tertiary/aromatic N) is 2. The van der Waals surface area contributed by atoms with Crippen LogP contribution >= 0.6 is 0 Å². The van der Waals surface area contributed by atoms with Gasteiger partial charge in [0.05, 0.1) is 11.3 Å². The molecule has 140 valence electrons. The Kier molecular flexibility index (Phi) is 4.93. The molecule has 2 N–H and O–H groups in total. The van der Waals surface area contributed by atoms with E-state index < -0.39 is 23.4 Å². The van der Waals surface area contributed by atoms with Crippen molar-refractivity contribution in [2.24, 2.45) is 0 Å². The molecule has 0 unspecified atom stereocenters. The lowest BCUT2D eigenvalue weighted by molar-refractivity contribution is -0.136. The van der Waals surface area contributed by atoms with Gasteiger partial charge in [-0.05, 0) is 31.2 Å². The molecule has 4 nitrogen and oxygen atoms in total. The van der Waals surface area contributed by atoms with E-state index in [1.54, 1.807) is 6.92 Å². The zero-order valence-electron chi connectivity index (χ0n) is 13.9. The number of aromatic nitrogens is 2. The lowest BCUT2D eigenvalue weighted by Gasteiger charge is -2.15. The van der Waals surface area contributed by atoms with Crippen LogP contribution in [0.25, 0.3) is 0 Å². The molecule has 0 fully saturated rings. The SMILES string of the molecule is Cc1cc(Nc2ccccc2C(F)(F)F)nc(Nc2ccc(F)c(F)c2)n1. The van der Waals surface area contributed by atoms with Crippen molar-refractivity contribution in [3.05, 3.63) is 71.4 Å². The summed E-state index contributed by atoms with van der Waals surface area (Å²) < 4.78 is 65.7. The molecular formula is C18H13F5N4. The molecule has 0 saturated carbocycles. The van der Waals surface area contributed by atoms with Crippen molar-refractivity contribution >= 4 is 23.1 Å². The Morgan fingerprint density at radius 3 is 2.30 bits per heavy atom. The average Bonchev–Trinajstić information content (AvgIpc) is 2.57. The van der Waals surface area contributed by atoms with E-state index in [2.05, 4.69) is 20.6 Å². The second kappa shape index (κ2) is 7.18. The van der Waals surface area contributed by atoms with Crippen LogP contribution in [0.2, 0.25) is 0 Å². The van der Waals surface area contributed by atoms with Gasteiger partial charge in [0.25, 0.3) is 0 Å². The fourth-order valence-corrected chi connectivity index (χ4v) is 2.37. The predicted molar refractivity (Wildman–Crippen MR) is 91.1 cm³/mol. The van der Waals surface area contributed by atoms with E-state index in [9.17, 15) is 22.0 Å². The van der Waals surface area contributed by atoms with Gasteiger partial charge in [0, 0.05) is 23.5 Å². The summed E-state index contributed by atoms with van der Waals surface area (Å²) >= 11 is 0. The number of aryl methyl sites for hydroxylation is 1. The quantitative estimate of drug-likeness (QED) is 0.581. The van der Waals surface area contributed by atoms with Crippen LogP contribution in [0.1, 0.15) is 11.3 Å². The van der Waals surface area contributed by atoms with Gasteiger partial charge < -0.3 is 10.6 Å². The maximum Gasteiger partial charge on any atom is 0.418 e. The number of nitrogens with one attached hydrogen (secondary N) is 2. The first kappa shape index (κ1) is 18.6. The minimum Gasteiger partial charge on any atom is -0.340 e. The molecular weight excluding hydrogens is 367 g/mol. The third-order valence-electron chi connectivity index (χ3n) is 3.53. The number of hydrogen-bond donors (Lipinski definition) is 2. The van der Waals surface area contributed by atoms with E-state index in [1.165, 1.54) is 30.3 Å². The molecule has 0 aliphatic carbocycles. The van der Waals surface area contributed by atoms with Crippen molar-refractivity contribution in [3.63, 3.8) is 0 Å². The lowest BCUT2D eigenvalue weighted by atomic mass is 10.1. The van der Waals surface area contributed by atoms with Crippen LogP contribution in [0.5, 0.6) is 0 Å². The summed E-state index contributed by atoms with van der Waals surface area (Å²) in [5.41, 5.74) is -0.346. The summed E-state index contributed by atoms with van der Waals surface area (Å²) in [5.74, 6) is -1.92. The molecule has 0 spiro atoms. The van der Waals surface area contributed by atoms with Crippen molar-refractivity contribution in [2.45, 2.75) is 13.1 Å². The van der Waals surface area contributed by atoms with E-state index in [0.717, 1.165) is 18.2 Å². The summed E-state index contributed by atoms with van der Waals surface area (Å²) in [6.45, 7) is 1.62. The number of rotatable bonds is 4. The van der Waals surface area contributed by atoms with Crippen LogP contribution in [0.3, 0.4) is 0 Å². The highest BCUT2D eigenvalue weighted by atomic mass is 19.4. The van der Waals surface area contributed by atoms with Crippen molar-refractivity contribution < 1.29 is 22.0 Å². The Morgan fingerprint density at radius 2 is 1.59 bits per heavy atom. The molecule has 27 heavy (non-hydrogen) atoms. The van der Waals surface area contributed by atoms with E-state index in [4.69, 9.17) is 0 Å². The molecule has 1 heterocycles. The van der Waals surface area contributed by atoms with Gasteiger partial charge in [-0.3, -0.25) is 0 Å². The highest BCUT2D eigenvalue weighted by Crippen LogP contribution is 2.35. The van der Waals surface area contributed by atoms with E-state index in [1.807, 2.05) is 0 Å². The largest absolute Gasteiger partial charge is 0.418 e. The van der Waals surface area contributed by atoms with Crippen LogP contribution in [-0.2, 0) is 6.18 Å². The molecule has 9 heteroatoms. The average molecular weight is 380 g/mol. The Bertz CT molecular complexity index is 972. The molecule has 0 aliphatic rings. The van der Waals surface area contributed by atoms with Gasteiger partial charge in [0.1, 0.15) is 5.82 Å². The minimum atomic E-state index is -4.53. The Hall–Kier alpha value is -3.23. The van der Waals surface area contributed by atoms with Crippen LogP contribution in [0.4, 0.5) is 45.1 Å². The summed E-state index contributed by atoms with van der Waals surface area (Å²) in [5, 5.41) is 5.31. The van der Waals surface area contributed by atoms with Crippen LogP contribution < -0.4 is 10.6 Å². The monoisotopic (exact) mass is 380 g/mol. The predicted octanol–water partition coefficient (Wildman–Crippen LogP) is 5.57. The Balaban J connectivity index is 1.89. The summed E-state index contributed by atoms with van der Waals surface area (Å²) in [7, 11) is 0. The van der Waals surface area contributed by atoms with Crippen LogP contribution in [0, 0.1) is 18.6 Å².